The Kier molecular flexibility index (Phi) is 6.20. The molecule has 0 aromatic heterocycles. The summed E-state index contributed by atoms with van der Waals surface area (Å²) in [7, 11) is 3.80. The van der Waals surface area contributed by atoms with Gasteiger partial charge in [0.25, 0.3) is 0 Å². The van der Waals surface area contributed by atoms with E-state index in [1.54, 1.807) is 6.07 Å². The Morgan fingerprint density at radius 1 is 1.07 bits per heavy atom. The maximum atomic E-state index is 13.2. The summed E-state index contributed by atoms with van der Waals surface area (Å²) < 4.78 is 14.9. The number of hydrogen-bond donors (Lipinski definition) is 1. The van der Waals surface area contributed by atoms with Crippen LogP contribution >= 0.6 is 0 Å². The van der Waals surface area contributed by atoms with Crippen LogP contribution in [0.2, 0.25) is 0 Å². The summed E-state index contributed by atoms with van der Waals surface area (Å²) in [6, 6.07) is 7.17. The molecule has 0 fully saturated rings. The first-order valence-electron chi connectivity index (χ1n) is 7.91. The van der Waals surface area contributed by atoms with E-state index < -0.39 is 40.2 Å². The molecule has 10 heteroatoms. The lowest BCUT2D eigenvalue weighted by Crippen LogP contribution is -2.38. The summed E-state index contributed by atoms with van der Waals surface area (Å²) in [6.45, 7) is 0. The fourth-order valence-electron chi connectivity index (χ4n) is 2.81. The zero-order valence-electron chi connectivity index (χ0n) is 15.6. The number of hydroxylamine groups is 2. The number of rotatable bonds is 5. The van der Waals surface area contributed by atoms with Gasteiger partial charge in [0, 0.05) is 5.56 Å². The van der Waals surface area contributed by atoms with Gasteiger partial charge in [-0.15, -0.1) is 0 Å². The highest BCUT2D eigenvalue weighted by Crippen LogP contribution is 2.37. The van der Waals surface area contributed by atoms with E-state index in [4.69, 9.17) is 20.0 Å². The van der Waals surface area contributed by atoms with E-state index in [2.05, 4.69) is 4.74 Å². The molecule has 0 bridgehead atoms. The molecule has 10 nitrogen and oxygen atoms in total. The number of allylic oxidation sites excluding steroid dienone is 2. The lowest BCUT2D eigenvalue weighted by molar-refractivity contribution is -0.157. The second-order valence-corrected chi connectivity index (χ2v) is 5.52. The maximum absolute atomic E-state index is 13.2. The molecule has 0 saturated carbocycles. The second kappa shape index (κ2) is 8.57. The fourth-order valence-corrected chi connectivity index (χ4v) is 2.81. The van der Waals surface area contributed by atoms with E-state index in [-0.39, 0.29) is 16.4 Å². The summed E-state index contributed by atoms with van der Waals surface area (Å²) in [6.07, 6.45) is 0. The molecule has 0 saturated heterocycles. The Morgan fingerprint density at radius 3 is 2.17 bits per heavy atom. The van der Waals surface area contributed by atoms with Crippen molar-refractivity contribution in [3.63, 3.8) is 0 Å². The maximum Gasteiger partial charge on any atom is 0.335 e. The van der Waals surface area contributed by atoms with Crippen molar-refractivity contribution in [3.8, 4) is 29.7 Å². The molecule has 0 spiro atoms. The standard InChI is InChI=1S/C19H14N4O6/c1-27-13-5-4-10(6-14(13)28-2)18(24)15-12(9-22)16(11(7-20)8-21)23(26)17(15)19(25)29-3/h4-6,17,26H,1-3H3. The van der Waals surface area contributed by atoms with E-state index in [1.807, 2.05) is 0 Å². The molecule has 1 unspecified atom stereocenters. The summed E-state index contributed by atoms with van der Waals surface area (Å²) in [5, 5.41) is 38.5. The van der Waals surface area contributed by atoms with Gasteiger partial charge in [-0.3, -0.25) is 10.0 Å². The van der Waals surface area contributed by atoms with Crippen LogP contribution in [0.25, 0.3) is 0 Å². The Hall–Kier alpha value is -4.33. The Balaban J connectivity index is 2.78. The highest BCUT2D eigenvalue weighted by molar-refractivity contribution is 6.15. The predicted molar refractivity (Wildman–Crippen MR) is 94.2 cm³/mol. The number of methoxy groups -OCH3 is 3. The van der Waals surface area contributed by atoms with Crippen LogP contribution in [-0.2, 0) is 9.53 Å². The number of ketones is 1. The van der Waals surface area contributed by atoms with Crippen molar-refractivity contribution >= 4 is 11.8 Å². The van der Waals surface area contributed by atoms with Crippen LogP contribution in [0.3, 0.4) is 0 Å². The first-order valence-corrected chi connectivity index (χ1v) is 7.91. The zero-order valence-corrected chi connectivity index (χ0v) is 15.6. The van der Waals surface area contributed by atoms with Crippen molar-refractivity contribution < 1.29 is 29.0 Å². The molecule has 1 aliphatic rings. The fraction of sp³-hybridized carbons (Fsp3) is 0.211. The summed E-state index contributed by atoms with van der Waals surface area (Å²) in [5.41, 5.74) is -2.10. The Labute approximate surface area is 165 Å². The number of esters is 1. The quantitative estimate of drug-likeness (QED) is 0.438. The number of Topliss-reactive ketones (excluding diaryl/α,β-unsaturated/α-hetero) is 1. The lowest BCUT2D eigenvalue weighted by atomic mass is 9.94. The molecule has 1 N–H and O–H groups in total. The lowest BCUT2D eigenvalue weighted by Gasteiger charge is -2.20. The van der Waals surface area contributed by atoms with Gasteiger partial charge < -0.3 is 14.2 Å². The van der Waals surface area contributed by atoms with Crippen molar-refractivity contribution in [3.05, 3.63) is 46.2 Å². The van der Waals surface area contributed by atoms with Gasteiger partial charge in [0.2, 0.25) is 0 Å². The number of nitriles is 3. The third-order valence-electron chi connectivity index (χ3n) is 4.14. The third kappa shape index (κ3) is 3.46. The first kappa shape index (κ1) is 21.0. The minimum Gasteiger partial charge on any atom is -0.493 e. The van der Waals surface area contributed by atoms with E-state index in [1.165, 1.54) is 44.6 Å². The van der Waals surface area contributed by atoms with Crippen LogP contribution in [0.1, 0.15) is 10.4 Å². The van der Waals surface area contributed by atoms with Gasteiger partial charge in [-0.25, -0.2) is 9.86 Å². The second-order valence-electron chi connectivity index (χ2n) is 5.52. The van der Waals surface area contributed by atoms with Crippen LogP contribution in [-0.4, -0.2) is 49.4 Å². The van der Waals surface area contributed by atoms with Crippen molar-refractivity contribution in [1.29, 1.82) is 15.8 Å². The number of carbonyl (C=O) groups is 2. The monoisotopic (exact) mass is 394 g/mol. The average molecular weight is 394 g/mol. The molecular formula is C19H14N4O6. The topological polar surface area (TPSA) is 157 Å². The molecule has 2 rings (SSSR count). The third-order valence-corrected chi connectivity index (χ3v) is 4.14. The number of carbonyl (C=O) groups excluding carboxylic acids is 2. The van der Waals surface area contributed by atoms with Gasteiger partial charge in [0.15, 0.2) is 28.9 Å². The van der Waals surface area contributed by atoms with Gasteiger partial charge in [-0.2, -0.15) is 15.8 Å². The smallest absolute Gasteiger partial charge is 0.335 e. The van der Waals surface area contributed by atoms with Crippen molar-refractivity contribution in [2.45, 2.75) is 6.04 Å². The van der Waals surface area contributed by atoms with Crippen molar-refractivity contribution in [2.75, 3.05) is 21.3 Å². The Bertz CT molecular complexity index is 1050. The van der Waals surface area contributed by atoms with E-state index in [9.17, 15) is 20.1 Å². The van der Waals surface area contributed by atoms with E-state index >= 15 is 0 Å². The summed E-state index contributed by atoms with van der Waals surface area (Å²) >= 11 is 0. The van der Waals surface area contributed by atoms with Gasteiger partial charge in [0.05, 0.1) is 32.5 Å². The van der Waals surface area contributed by atoms with Crippen molar-refractivity contribution in [1.82, 2.24) is 5.06 Å². The normalized spacial score (nSPS) is 15.1. The number of nitrogens with zero attached hydrogens (tertiary/aromatic N) is 4. The average Bonchev–Trinajstić information content (AvgIpc) is 3.05. The van der Waals surface area contributed by atoms with Gasteiger partial charge in [-0.1, -0.05) is 0 Å². The molecule has 1 atom stereocenters. The molecule has 0 radical (unpaired) electrons. The minimum atomic E-state index is -1.73. The van der Waals surface area contributed by atoms with Gasteiger partial charge in [-0.05, 0) is 18.2 Å². The molecule has 1 aromatic carbocycles. The molecular weight excluding hydrogens is 380 g/mol. The number of hydrogen-bond acceptors (Lipinski definition) is 10. The van der Waals surface area contributed by atoms with Crippen LogP contribution in [0, 0.1) is 34.0 Å². The molecule has 0 aliphatic carbocycles. The number of benzene rings is 1. The van der Waals surface area contributed by atoms with E-state index in [0.29, 0.717) is 5.75 Å². The highest BCUT2D eigenvalue weighted by atomic mass is 16.5. The van der Waals surface area contributed by atoms with Crippen LogP contribution in [0.15, 0.2) is 40.6 Å². The van der Waals surface area contributed by atoms with E-state index in [0.717, 1.165) is 7.11 Å². The van der Waals surface area contributed by atoms with Crippen LogP contribution in [0.5, 0.6) is 11.5 Å². The molecule has 29 heavy (non-hydrogen) atoms. The SMILES string of the molecule is COC(=O)C1C(C(=O)c2ccc(OC)c(OC)c2)=C(C#N)C(=C(C#N)C#N)N1O. The summed E-state index contributed by atoms with van der Waals surface area (Å²) in [4.78, 5) is 25.4. The highest BCUT2D eigenvalue weighted by Gasteiger charge is 2.46. The van der Waals surface area contributed by atoms with Crippen LogP contribution in [0.4, 0.5) is 0 Å². The molecule has 1 aromatic rings. The number of ether oxygens (including phenoxy) is 3. The van der Waals surface area contributed by atoms with Crippen LogP contribution < -0.4 is 9.47 Å². The Morgan fingerprint density at radius 2 is 1.69 bits per heavy atom. The minimum absolute atomic E-state index is 0.0180. The summed E-state index contributed by atoms with van der Waals surface area (Å²) in [5.74, 6) is -1.30. The van der Waals surface area contributed by atoms with Gasteiger partial charge in [0.1, 0.15) is 23.9 Å². The largest absolute Gasteiger partial charge is 0.493 e. The first-order chi connectivity index (χ1) is 13.9. The molecule has 1 heterocycles. The molecule has 0 amide bonds. The van der Waals surface area contributed by atoms with Gasteiger partial charge >= 0.3 is 5.97 Å². The molecule has 1 aliphatic heterocycles. The zero-order chi connectivity index (χ0) is 21.7. The van der Waals surface area contributed by atoms with Crippen molar-refractivity contribution in [2.24, 2.45) is 0 Å². The predicted octanol–water partition coefficient (Wildman–Crippen LogP) is 1.25. The molecule has 146 valence electrons.